The van der Waals surface area contributed by atoms with Crippen LogP contribution in [0.15, 0.2) is 79.1 Å². The number of methoxy groups -OCH3 is 2. The minimum absolute atomic E-state index is 0.277. The van der Waals surface area contributed by atoms with Crippen LogP contribution < -0.4 is 20.1 Å². The molecule has 2 N–H and O–H groups in total. The van der Waals surface area contributed by atoms with Crippen molar-refractivity contribution in [1.82, 2.24) is 9.97 Å². The number of benzene rings is 3. The summed E-state index contributed by atoms with van der Waals surface area (Å²) in [5.41, 5.74) is 3.14. The second-order valence-corrected chi connectivity index (χ2v) is 7.03. The van der Waals surface area contributed by atoms with Crippen molar-refractivity contribution in [2.24, 2.45) is 0 Å². The van der Waals surface area contributed by atoms with E-state index in [-0.39, 0.29) is 11.7 Å². The molecule has 0 spiro atoms. The van der Waals surface area contributed by atoms with Crippen LogP contribution in [0.25, 0.3) is 11.3 Å². The molecule has 0 radical (unpaired) electrons. The fourth-order valence-electron chi connectivity index (χ4n) is 3.21. The molecule has 1 amide bonds. The predicted molar refractivity (Wildman–Crippen MR) is 125 cm³/mol. The third-order valence-electron chi connectivity index (χ3n) is 4.85. The average molecular weight is 444 g/mol. The van der Waals surface area contributed by atoms with E-state index in [0.717, 1.165) is 5.56 Å². The van der Waals surface area contributed by atoms with Crippen LogP contribution in [0.3, 0.4) is 0 Å². The first-order chi connectivity index (χ1) is 16.1. The molecule has 0 atom stereocenters. The largest absolute Gasteiger partial charge is 0.493 e. The summed E-state index contributed by atoms with van der Waals surface area (Å²) < 4.78 is 23.7. The Kier molecular flexibility index (Phi) is 6.45. The number of hydrogen-bond acceptors (Lipinski definition) is 6. The summed E-state index contributed by atoms with van der Waals surface area (Å²) in [4.78, 5) is 21.2. The van der Waals surface area contributed by atoms with Gasteiger partial charge in [-0.2, -0.15) is 0 Å². The van der Waals surface area contributed by atoms with E-state index < -0.39 is 0 Å². The zero-order valence-electron chi connectivity index (χ0n) is 18.0. The van der Waals surface area contributed by atoms with Crippen LogP contribution in [0.2, 0.25) is 0 Å². The normalized spacial score (nSPS) is 10.4. The fourth-order valence-corrected chi connectivity index (χ4v) is 3.21. The lowest BCUT2D eigenvalue weighted by Crippen LogP contribution is -2.12. The molecule has 0 saturated heterocycles. The van der Waals surface area contributed by atoms with Gasteiger partial charge >= 0.3 is 0 Å². The Bertz CT molecular complexity index is 1280. The average Bonchev–Trinajstić information content (AvgIpc) is 2.84. The molecule has 0 aliphatic rings. The van der Waals surface area contributed by atoms with Gasteiger partial charge in [-0.1, -0.05) is 6.07 Å². The van der Waals surface area contributed by atoms with Crippen molar-refractivity contribution in [2.75, 3.05) is 24.9 Å². The first-order valence-electron chi connectivity index (χ1n) is 10.0. The first-order valence-corrected chi connectivity index (χ1v) is 10.0. The number of amides is 1. The minimum atomic E-state index is -0.311. The molecular weight excluding hydrogens is 423 g/mol. The number of anilines is 3. The Morgan fingerprint density at radius 1 is 0.848 bits per heavy atom. The monoisotopic (exact) mass is 444 g/mol. The molecule has 0 bridgehead atoms. The molecule has 166 valence electrons. The van der Waals surface area contributed by atoms with E-state index in [9.17, 15) is 9.18 Å². The number of aromatic nitrogens is 2. The molecule has 4 aromatic rings. The molecule has 7 nitrogen and oxygen atoms in total. The number of carbonyl (C=O) groups excluding carboxylic acids is 1. The van der Waals surface area contributed by atoms with Crippen LogP contribution >= 0.6 is 0 Å². The van der Waals surface area contributed by atoms with Crippen molar-refractivity contribution in [1.29, 1.82) is 0 Å². The van der Waals surface area contributed by atoms with E-state index in [1.165, 1.54) is 25.6 Å². The summed E-state index contributed by atoms with van der Waals surface area (Å²) in [6, 6.07) is 20.0. The molecule has 8 heteroatoms. The van der Waals surface area contributed by atoms with Crippen LogP contribution in [0.5, 0.6) is 11.5 Å². The number of carbonyl (C=O) groups is 1. The van der Waals surface area contributed by atoms with Gasteiger partial charge in [0.2, 0.25) is 0 Å². The molecule has 0 saturated carbocycles. The molecular formula is C25H21FN4O3. The summed E-state index contributed by atoms with van der Waals surface area (Å²) in [7, 11) is 3.09. The Balaban J connectivity index is 1.50. The lowest BCUT2D eigenvalue weighted by molar-refractivity contribution is 0.102. The highest BCUT2D eigenvalue weighted by Crippen LogP contribution is 2.30. The molecule has 33 heavy (non-hydrogen) atoms. The van der Waals surface area contributed by atoms with E-state index in [4.69, 9.17) is 9.47 Å². The van der Waals surface area contributed by atoms with Gasteiger partial charge in [0.05, 0.1) is 19.9 Å². The summed E-state index contributed by atoms with van der Waals surface area (Å²) >= 11 is 0. The third kappa shape index (κ3) is 5.24. The number of nitrogens with one attached hydrogen (secondary N) is 2. The quantitative estimate of drug-likeness (QED) is 0.403. The van der Waals surface area contributed by atoms with Gasteiger partial charge in [0.1, 0.15) is 18.0 Å². The Morgan fingerprint density at radius 2 is 1.64 bits per heavy atom. The van der Waals surface area contributed by atoms with Crippen molar-refractivity contribution in [3.63, 3.8) is 0 Å². The van der Waals surface area contributed by atoms with Crippen molar-refractivity contribution in [3.05, 3.63) is 90.5 Å². The summed E-state index contributed by atoms with van der Waals surface area (Å²) in [6.45, 7) is 0. The zero-order valence-corrected chi connectivity index (χ0v) is 18.0. The van der Waals surface area contributed by atoms with Crippen molar-refractivity contribution in [2.45, 2.75) is 0 Å². The van der Waals surface area contributed by atoms with E-state index in [1.807, 2.05) is 6.07 Å². The first kappa shape index (κ1) is 21.8. The van der Waals surface area contributed by atoms with Gasteiger partial charge in [-0.25, -0.2) is 14.4 Å². The van der Waals surface area contributed by atoms with Gasteiger partial charge in [0, 0.05) is 34.6 Å². The predicted octanol–water partition coefficient (Wildman–Crippen LogP) is 5.30. The van der Waals surface area contributed by atoms with Crippen molar-refractivity contribution in [3.8, 4) is 22.8 Å². The lowest BCUT2D eigenvalue weighted by atomic mass is 10.1. The molecule has 3 aromatic carbocycles. The molecule has 1 aromatic heterocycles. The van der Waals surface area contributed by atoms with E-state index in [2.05, 4.69) is 20.6 Å². The summed E-state index contributed by atoms with van der Waals surface area (Å²) in [5, 5.41) is 6.03. The highest BCUT2D eigenvalue weighted by Gasteiger charge is 2.11. The van der Waals surface area contributed by atoms with E-state index in [0.29, 0.717) is 39.9 Å². The zero-order chi connectivity index (χ0) is 23.2. The standard InChI is InChI=1S/C25H21FN4O3/c1-32-22-11-10-20(13-23(22)33-2)30-25(31)17-4-3-5-19(12-17)29-24-14-21(27-15-28-24)16-6-8-18(26)9-7-16/h3-15H,1-2H3,(H,30,31)(H,27,28,29). The van der Waals surface area contributed by atoms with Gasteiger partial charge in [0.25, 0.3) is 5.91 Å². The van der Waals surface area contributed by atoms with Crippen molar-refractivity contribution >= 4 is 23.1 Å². The molecule has 0 aliphatic carbocycles. The Labute approximate surface area is 190 Å². The highest BCUT2D eigenvalue weighted by molar-refractivity contribution is 6.05. The smallest absolute Gasteiger partial charge is 0.255 e. The van der Waals surface area contributed by atoms with Crippen LogP contribution in [0, 0.1) is 5.82 Å². The maximum Gasteiger partial charge on any atom is 0.255 e. The molecule has 0 aliphatic heterocycles. The minimum Gasteiger partial charge on any atom is -0.493 e. The molecule has 0 unspecified atom stereocenters. The van der Waals surface area contributed by atoms with Crippen LogP contribution in [0.4, 0.5) is 21.6 Å². The van der Waals surface area contributed by atoms with Gasteiger partial charge < -0.3 is 20.1 Å². The highest BCUT2D eigenvalue weighted by atomic mass is 19.1. The van der Waals surface area contributed by atoms with Gasteiger partial charge in [0.15, 0.2) is 11.5 Å². The maximum absolute atomic E-state index is 13.2. The second-order valence-electron chi connectivity index (χ2n) is 7.03. The SMILES string of the molecule is COc1ccc(NC(=O)c2cccc(Nc3cc(-c4ccc(F)cc4)ncn3)c2)cc1OC. The topological polar surface area (TPSA) is 85.4 Å². The maximum atomic E-state index is 13.2. The number of hydrogen-bond donors (Lipinski definition) is 2. The number of ether oxygens (including phenoxy) is 2. The Morgan fingerprint density at radius 3 is 2.39 bits per heavy atom. The number of halogens is 1. The second kappa shape index (κ2) is 9.78. The van der Waals surface area contributed by atoms with Gasteiger partial charge in [-0.05, 0) is 54.6 Å². The van der Waals surface area contributed by atoms with E-state index in [1.54, 1.807) is 61.7 Å². The van der Waals surface area contributed by atoms with Gasteiger partial charge in [-0.3, -0.25) is 4.79 Å². The van der Waals surface area contributed by atoms with Gasteiger partial charge in [-0.15, -0.1) is 0 Å². The number of rotatable bonds is 7. The summed E-state index contributed by atoms with van der Waals surface area (Å²) in [5.74, 6) is 1.05. The van der Waals surface area contributed by atoms with Crippen molar-refractivity contribution < 1.29 is 18.7 Å². The fraction of sp³-hybridized carbons (Fsp3) is 0.0800. The molecule has 4 rings (SSSR count). The lowest BCUT2D eigenvalue weighted by Gasteiger charge is -2.11. The van der Waals surface area contributed by atoms with E-state index >= 15 is 0 Å². The number of nitrogens with zero attached hydrogens (tertiary/aromatic N) is 2. The van der Waals surface area contributed by atoms with Crippen LogP contribution in [-0.2, 0) is 0 Å². The molecule has 1 heterocycles. The Hall–Kier alpha value is -4.46. The third-order valence-corrected chi connectivity index (χ3v) is 4.85. The summed E-state index contributed by atoms with van der Waals surface area (Å²) in [6.07, 6.45) is 1.43. The van der Waals surface area contributed by atoms with Crippen LogP contribution in [0.1, 0.15) is 10.4 Å². The van der Waals surface area contributed by atoms with Crippen LogP contribution in [-0.4, -0.2) is 30.1 Å². The molecule has 0 fully saturated rings.